The summed E-state index contributed by atoms with van der Waals surface area (Å²) >= 11 is 0. The lowest BCUT2D eigenvalue weighted by Gasteiger charge is -2.28. The molecule has 66 valence electrons. The second-order valence-electron chi connectivity index (χ2n) is 3.40. The van der Waals surface area contributed by atoms with Crippen molar-refractivity contribution in [3.8, 4) is 0 Å². The molecule has 1 N–H and O–H groups in total. The first-order chi connectivity index (χ1) is 5.34. The molecule has 2 bridgehead atoms. The topological polar surface area (TPSA) is 15.3 Å². The maximum Gasteiger partial charge on any atom is 0.0231 e. The fraction of sp³-hybridized carbons (Fsp3) is 1.00. The van der Waals surface area contributed by atoms with E-state index >= 15 is 0 Å². The average Bonchev–Trinajstić information content (AvgIpc) is 2.35. The van der Waals surface area contributed by atoms with E-state index < -0.39 is 0 Å². The van der Waals surface area contributed by atoms with Crippen molar-refractivity contribution in [2.75, 3.05) is 13.1 Å². The van der Waals surface area contributed by atoms with E-state index in [1.165, 1.54) is 25.9 Å². The molecule has 0 saturated carbocycles. The van der Waals surface area contributed by atoms with Crippen molar-refractivity contribution >= 4 is 0 Å². The summed E-state index contributed by atoms with van der Waals surface area (Å²) in [4.78, 5) is 0. The largest absolute Gasteiger partial charge is 0.252 e. The highest BCUT2D eigenvalue weighted by Gasteiger charge is 2.29. The van der Waals surface area contributed by atoms with Crippen molar-refractivity contribution in [3.63, 3.8) is 0 Å². The molecule has 2 aliphatic heterocycles. The molecular formula is C9H20N2. The third kappa shape index (κ3) is 2.17. The van der Waals surface area contributed by atoms with Crippen LogP contribution in [0.2, 0.25) is 0 Å². The Hall–Kier alpha value is -0.0800. The van der Waals surface area contributed by atoms with E-state index in [2.05, 4.69) is 17.4 Å². The van der Waals surface area contributed by atoms with E-state index in [4.69, 9.17) is 0 Å². The Balaban J connectivity index is 0.000000281. The number of nitrogens with zero attached hydrogens (tertiary/aromatic N) is 1. The van der Waals surface area contributed by atoms with Crippen LogP contribution in [0.3, 0.4) is 0 Å². The molecule has 2 fully saturated rings. The Bertz CT molecular complexity index is 102. The molecular weight excluding hydrogens is 136 g/mol. The summed E-state index contributed by atoms with van der Waals surface area (Å²) in [6.45, 7) is 8.87. The van der Waals surface area contributed by atoms with Gasteiger partial charge in [0.25, 0.3) is 0 Å². The summed E-state index contributed by atoms with van der Waals surface area (Å²) in [5.41, 5.74) is 3.45. The first-order valence-corrected chi connectivity index (χ1v) is 4.86. The van der Waals surface area contributed by atoms with Gasteiger partial charge in [-0.1, -0.05) is 20.8 Å². The molecule has 0 radical (unpaired) electrons. The molecule has 2 heterocycles. The van der Waals surface area contributed by atoms with Crippen molar-refractivity contribution < 1.29 is 0 Å². The van der Waals surface area contributed by atoms with Gasteiger partial charge in [0, 0.05) is 19.1 Å². The van der Waals surface area contributed by atoms with Crippen LogP contribution >= 0.6 is 0 Å². The number of nitrogens with one attached hydrogen (secondary N) is 1. The van der Waals surface area contributed by atoms with Gasteiger partial charge in [0.15, 0.2) is 0 Å². The van der Waals surface area contributed by atoms with Crippen LogP contribution in [0.15, 0.2) is 0 Å². The van der Waals surface area contributed by atoms with Gasteiger partial charge in [0.05, 0.1) is 0 Å². The molecule has 3 unspecified atom stereocenters. The lowest BCUT2D eigenvalue weighted by atomic mass is 10.0. The number of fused-ring (bicyclic) bond motifs is 2. The van der Waals surface area contributed by atoms with Crippen LogP contribution in [0.1, 0.15) is 33.6 Å². The van der Waals surface area contributed by atoms with Crippen molar-refractivity contribution in [2.24, 2.45) is 5.92 Å². The van der Waals surface area contributed by atoms with E-state index in [1.54, 1.807) is 0 Å². The Morgan fingerprint density at radius 2 is 2.09 bits per heavy atom. The van der Waals surface area contributed by atoms with Crippen molar-refractivity contribution in [3.05, 3.63) is 0 Å². The predicted octanol–water partition coefficient (Wildman–Crippen LogP) is 1.63. The summed E-state index contributed by atoms with van der Waals surface area (Å²) in [5, 5.41) is 2.36. The van der Waals surface area contributed by atoms with Crippen LogP contribution in [0.25, 0.3) is 0 Å². The van der Waals surface area contributed by atoms with Crippen LogP contribution in [-0.4, -0.2) is 24.1 Å². The van der Waals surface area contributed by atoms with Gasteiger partial charge in [0.2, 0.25) is 0 Å². The minimum atomic E-state index is 0.814. The highest BCUT2D eigenvalue weighted by Crippen LogP contribution is 2.21. The highest BCUT2D eigenvalue weighted by atomic mass is 15.5. The molecule has 0 aromatic heterocycles. The van der Waals surface area contributed by atoms with Gasteiger partial charge in [-0.3, -0.25) is 5.43 Å². The van der Waals surface area contributed by atoms with Crippen molar-refractivity contribution in [1.29, 1.82) is 0 Å². The molecule has 3 atom stereocenters. The van der Waals surface area contributed by atoms with Crippen LogP contribution in [0.5, 0.6) is 0 Å². The normalized spacial score (nSPS) is 41.2. The van der Waals surface area contributed by atoms with E-state index in [1.807, 2.05) is 13.8 Å². The molecule has 0 spiro atoms. The third-order valence-electron chi connectivity index (χ3n) is 2.33. The molecule has 11 heavy (non-hydrogen) atoms. The van der Waals surface area contributed by atoms with E-state index in [9.17, 15) is 0 Å². The van der Waals surface area contributed by atoms with E-state index in [0.29, 0.717) is 0 Å². The zero-order valence-corrected chi connectivity index (χ0v) is 7.93. The lowest BCUT2D eigenvalue weighted by molar-refractivity contribution is 0.151. The second kappa shape index (κ2) is 4.07. The monoisotopic (exact) mass is 156 g/mol. The van der Waals surface area contributed by atoms with Gasteiger partial charge in [0.1, 0.15) is 0 Å². The van der Waals surface area contributed by atoms with Gasteiger partial charge < -0.3 is 0 Å². The van der Waals surface area contributed by atoms with Crippen molar-refractivity contribution in [1.82, 2.24) is 10.4 Å². The number of hydrazine groups is 1. The SMILES string of the molecule is CC.CC1CC2CCN(C1)N2. The standard InChI is InChI=1S/C7H14N2.C2H6/c1-6-4-7-2-3-9(5-6)8-7;1-2/h6-8H,2-5H2,1H3;1-2H3. The van der Waals surface area contributed by atoms with E-state index in [-0.39, 0.29) is 0 Å². The van der Waals surface area contributed by atoms with Gasteiger partial charge in [-0.25, -0.2) is 5.01 Å². The lowest BCUT2D eigenvalue weighted by Crippen LogP contribution is -2.44. The molecule has 0 aromatic rings. The van der Waals surface area contributed by atoms with Crippen LogP contribution in [0, 0.1) is 5.92 Å². The minimum absolute atomic E-state index is 0.814. The molecule has 0 aromatic carbocycles. The first-order valence-electron chi connectivity index (χ1n) is 4.86. The first kappa shape index (κ1) is 9.01. The average molecular weight is 156 g/mol. The zero-order valence-electron chi connectivity index (χ0n) is 7.93. The molecule has 2 heteroatoms. The molecule has 2 saturated heterocycles. The van der Waals surface area contributed by atoms with Crippen LogP contribution < -0.4 is 5.43 Å². The third-order valence-corrected chi connectivity index (χ3v) is 2.33. The quantitative estimate of drug-likeness (QED) is 0.573. The van der Waals surface area contributed by atoms with Crippen molar-refractivity contribution in [2.45, 2.75) is 39.7 Å². The maximum absolute atomic E-state index is 3.45. The fourth-order valence-corrected chi connectivity index (χ4v) is 1.95. The molecule has 0 amide bonds. The summed E-state index contributed by atoms with van der Waals surface area (Å²) in [5.74, 6) is 0.916. The second-order valence-corrected chi connectivity index (χ2v) is 3.40. The molecule has 2 aliphatic rings. The summed E-state index contributed by atoms with van der Waals surface area (Å²) in [6.07, 6.45) is 2.75. The van der Waals surface area contributed by atoms with E-state index in [0.717, 1.165) is 12.0 Å². The Kier molecular flexibility index (Phi) is 3.34. The zero-order chi connectivity index (χ0) is 8.27. The molecule has 0 aliphatic carbocycles. The summed E-state index contributed by atoms with van der Waals surface area (Å²) in [6, 6.07) is 0.814. The Morgan fingerprint density at radius 1 is 1.36 bits per heavy atom. The number of rotatable bonds is 0. The van der Waals surface area contributed by atoms with Gasteiger partial charge in [-0.15, -0.1) is 0 Å². The number of hydrogen-bond donors (Lipinski definition) is 1. The molecule has 2 rings (SSSR count). The van der Waals surface area contributed by atoms with Gasteiger partial charge in [-0.2, -0.15) is 0 Å². The summed E-state index contributed by atoms with van der Waals surface area (Å²) < 4.78 is 0. The van der Waals surface area contributed by atoms with Gasteiger partial charge in [-0.05, 0) is 18.8 Å². The Labute approximate surface area is 69.9 Å². The summed E-state index contributed by atoms with van der Waals surface area (Å²) in [7, 11) is 0. The van der Waals surface area contributed by atoms with Crippen LogP contribution in [0.4, 0.5) is 0 Å². The van der Waals surface area contributed by atoms with Gasteiger partial charge >= 0.3 is 0 Å². The highest BCUT2D eigenvalue weighted by molar-refractivity contribution is 4.82. The number of hydrogen-bond acceptors (Lipinski definition) is 2. The smallest absolute Gasteiger partial charge is 0.0231 e. The molecule has 2 nitrogen and oxygen atoms in total. The maximum atomic E-state index is 3.45. The predicted molar refractivity (Wildman–Crippen MR) is 48.2 cm³/mol. The Morgan fingerprint density at radius 3 is 2.73 bits per heavy atom. The fourth-order valence-electron chi connectivity index (χ4n) is 1.95. The van der Waals surface area contributed by atoms with Crippen LogP contribution in [-0.2, 0) is 0 Å². The minimum Gasteiger partial charge on any atom is -0.252 e.